The van der Waals surface area contributed by atoms with Crippen LogP contribution >= 0.6 is 23.4 Å². The minimum atomic E-state index is -2.49. The van der Waals surface area contributed by atoms with E-state index < -0.39 is 6.43 Å². The summed E-state index contributed by atoms with van der Waals surface area (Å²) in [5.74, 6) is 0. The lowest BCUT2D eigenvalue weighted by molar-refractivity contribution is 0.186. The summed E-state index contributed by atoms with van der Waals surface area (Å²) in [6.07, 6.45) is -2.49. The summed E-state index contributed by atoms with van der Waals surface area (Å²) < 4.78 is 26.6. The van der Waals surface area contributed by atoms with Gasteiger partial charge < -0.3 is 4.90 Å². The number of nitrogens with zero attached hydrogens (tertiary/aromatic N) is 1. The molecule has 1 heterocycles. The van der Waals surface area contributed by atoms with Crippen molar-refractivity contribution in [3.8, 4) is 11.1 Å². The molecule has 0 spiro atoms. The third kappa shape index (κ3) is 2.85. The average molecular weight is 338 g/mol. The minimum absolute atomic E-state index is 0.0545. The highest BCUT2D eigenvalue weighted by Gasteiger charge is 2.31. The number of anilines is 1. The van der Waals surface area contributed by atoms with Gasteiger partial charge in [-0.3, -0.25) is 0 Å². The Labute approximate surface area is 137 Å². The summed E-state index contributed by atoms with van der Waals surface area (Å²) in [4.78, 5) is 1.71. The second-order valence-electron chi connectivity index (χ2n) is 4.97. The van der Waals surface area contributed by atoms with Crippen LogP contribution in [-0.2, 0) is 0 Å². The van der Waals surface area contributed by atoms with Crippen LogP contribution < -0.4 is 4.90 Å². The Kier molecular flexibility index (Phi) is 4.41. The van der Waals surface area contributed by atoms with Crippen molar-refractivity contribution in [3.63, 3.8) is 0 Å². The smallest absolute Gasteiger partial charge is 0.278 e. The van der Waals surface area contributed by atoms with Gasteiger partial charge in [-0.25, -0.2) is 8.78 Å². The zero-order valence-electron chi connectivity index (χ0n) is 11.8. The maximum absolute atomic E-state index is 13.3. The molecule has 0 saturated heterocycles. The number of benzene rings is 2. The van der Waals surface area contributed by atoms with E-state index in [2.05, 4.69) is 0 Å². The van der Waals surface area contributed by atoms with E-state index in [1.807, 2.05) is 43.3 Å². The SMILES string of the molecule is CC1SC=C(C(F)F)N1c1ccccc1-c1ccc(Cl)cc1. The van der Waals surface area contributed by atoms with Crippen molar-refractivity contribution in [2.75, 3.05) is 4.90 Å². The van der Waals surface area contributed by atoms with Gasteiger partial charge in [0.15, 0.2) is 0 Å². The first-order valence-corrected chi connectivity index (χ1v) is 8.18. The van der Waals surface area contributed by atoms with Crippen molar-refractivity contribution < 1.29 is 8.78 Å². The Morgan fingerprint density at radius 2 is 1.77 bits per heavy atom. The molecule has 5 heteroatoms. The number of para-hydroxylation sites is 1. The zero-order chi connectivity index (χ0) is 15.7. The van der Waals surface area contributed by atoms with Gasteiger partial charge in [-0.15, -0.1) is 11.8 Å². The van der Waals surface area contributed by atoms with Crippen molar-refractivity contribution in [1.82, 2.24) is 0 Å². The number of hydrogen-bond acceptors (Lipinski definition) is 2. The third-order valence-electron chi connectivity index (χ3n) is 3.57. The van der Waals surface area contributed by atoms with Gasteiger partial charge in [0.2, 0.25) is 0 Å². The van der Waals surface area contributed by atoms with Crippen LogP contribution in [-0.4, -0.2) is 11.8 Å². The summed E-state index contributed by atoms with van der Waals surface area (Å²) >= 11 is 7.34. The highest BCUT2D eigenvalue weighted by Crippen LogP contribution is 2.42. The Hall–Kier alpha value is -1.52. The van der Waals surface area contributed by atoms with Gasteiger partial charge >= 0.3 is 0 Å². The molecule has 1 atom stereocenters. The summed E-state index contributed by atoms with van der Waals surface area (Å²) in [7, 11) is 0. The van der Waals surface area contributed by atoms with Crippen LogP contribution in [0.25, 0.3) is 11.1 Å². The first kappa shape index (κ1) is 15.4. The lowest BCUT2D eigenvalue weighted by Crippen LogP contribution is -2.29. The maximum Gasteiger partial charge on any atom is 0.278 e. The first-order chi connectivity index (χ1) is 10.6. The van der Waals surface area contributed by atoms with Crippen LogP contribution in [0.3, 0.4) is 0 Å². The number of hydrogen-bond donors (Lipinski definition) is 0. The van der Waals surface area contributed by atoms with Gasteiger partial charge in [-0.05, 0) is 36.1 Å². The number of alkyl halides is 2. The fourth-order valence-electron chi connectivity index (χ4n) is 2.54. The fourth-order valence-corrected chi connectivity index (χ4v) is 3.58. The highest BCUT2D eigenvalue weighted by molar-refractivity contribution is 8.03. The Morgan fingerprint density at radius 3 is 2.45 bits per heavy atom. The van der Waals surface area contributed by atoms with E-state index in [0.29, 0.717) is 5.02 Å². The molecule has 1 unspecified atom stereocenters. The van der Waals surface area contributed by atoms with Gasteiger partial charge in [0.05, 0.1) is 11.1 Å². The van der Waals surface area contributed by atoms with Crippen LogP contribution in [0.5, 0.6) is 0 Å². The Bertz CT molecular complexity index is 700. The van der Waals surface area contributed by atoms with Crippen LogP contribution in [0.15, 0.2) is 59.6 Å². The maximum atomic E-state index is 13.3. The number of allylic oxidation sites excluding steroid dienone is 1. The topological polar surface area (TPSA) is 3.24 Å². The van der Waals surface area contributed by atoms with Crippen LogP contribution in [0.1, 0.15) is 6.92 Å². The van der Waals surface area contributed by atoms with Gasteiger partial charge in [-0.2, -0.15) is 0 Å². The Morgan fingerprint density at radius 1 is 1.09 bits per heavy atom. The predicted octanol–water partition coefficient (Wildman–Crippen LogP) is 6.01. The van der Waals surface area contributed by atoms with Gasteiger partial charge in [-0.1, -0.05) is 41.9 Å². The summed E-state index contributed by atoms with van der Waals surface area (Å²) in [6, 6.07) is 15.0. The predicted molar refractivity (Wildman–Crippen MR) is 90.5 cm³/mol. The lowest BCUT2D eigenvalue weighted by atomic mass is 10.0. The normalized spacial score (nSPS) is 18.0. The molecular weight excluding hydrogens is 324 g/mol. The molecule has 0 amide bonds. The largest absolute Gasteiger partial charge is 0.327 e. The lowest BCUT2D eigenvalue weighted by Gasteiger charge is -2.28. The molecule has 1 aliphatic rings. The molecule has 0 bridgehead atoms. The van der Waals surface area contributed by atoms with Crippen LogP contribution in [0.4, 0.5) is 14.5 Å². The van der Waals surface area contributed by atoms with E-state index in [1.165, 1.54) is 11.8 Å². The second kappa shape index (κ2) is 6.31. The van der Waals surface area contributed by atoms with E-state index in [-0.39, 0.29) is 11.1 Å². The third-order valence-corrected chi connectivity index (χ3v) is 4.80. The molecule has 2 aromatic carbocycles. The van der Waals surface area contributed by atoms with Crippen LogP contribution in [0.2, 0.25) is 5.02 Å². The summed E-state index contributed by atoms with van der Waals surface area (Å²) in [6.45, 7) is 1.93. The summed E-state index contributed by atoms with van der Waals surface area (Å²) in [5, 5.41) is 2.14. The number of thioether (sulfide) groups is 1. The van der Waals surface area contributed by atoms with Crippen molar-refractivity contribution >= 4 is 29.1 Å². The molecule has 0 aliphatic carbocycles. The van der Waals surface area contributed by atoms with Crippen molar-refractivity contribution in [2.45, 2.75) is 18.7 Å². The molecule has 0 N–H and O–H groups in total. The molecule has 0 saturated carbocycles. The molecule has 1 aliphatic heterocycles. The monoisotopic (exact) mass is 337 g/mol. The fraction of sp³-hybridized carbons (Fsp3) is 0.176. The van der Waals surface area contributed by atoms with E-state index in [9.17, 15) is 8.78 Å². The first-order valence-electron chi connectivity index (χ1n) is 6.86. The highest BCUT2D eigenvalue weighted by atomic mass is 35.5. The van der Waals surface area contributed by atoms with Gasteiger partial charge in [0.25, 0.3) is 6.43 Å². The standard InChI is InChI=1S/C17H14ClF2NS/c1-11-21(16(10-22-11)17(19)20)15-5-3-2-4-14(15)12-6-8-13(18)9-7-12/h2-11,17H,1H3. The van der Waals surface area contributed by atoms with Crippen molar-refractivity contribution in [2.24, 2.45) is 0 Å². The molecule has 1 nitrogen and oxygen atoms in total. The number of rotatable bonds is 3. The molecule has 0 radical (unpaired) electrons. The van der Waals surface area contributed by atoms with Crippen molar-refractivity contribution in [3.05, 3.63) is 64.7 Å². The molecule has 0 fully saturated rings. The second-order valence-corrected chi connectivity index (χ2v) is 6.60. The molecule has 114 valence electrons. The molecule has 2 aromatic rings. The molecule has 3 rings (SSSR count). The molecule has 0 aromatic heterocycles. The summed E-state index contributed by atoms with van der Waals surface area (Å²) in [5.41, 5.74) is 2.71. The Balaban J connectivity index is 2.08. The quantitative estimate of drug-likeness (QED) is 0.674. The van der Waals surface area contributed by atoms with Crippen molar-refractivity contribution in [1.29, 1.82) is 0 Å². The van der Waals surface area contributed by atoms with Gasteiger partial charge in [0.1, 0.15) is 0 Å². The number of halogens is 3. The van der Waals surface area contributed by atoms with E-state index in [4.69, 9.17) is 11.6 Å². The minimum Gasteiger partial charge on any atom is -0.327 e. The zero-order valence-corrected chi connectivity index (χ0v) is 13.4. The van der Waals surface area contributed by atoms with E-state index >= 15 is 0 Å². The average Bonchev–Trinajstić information content (AvgIpc) is 2.90. The van der Waals surface area contributed by atoms with Gasteiger partial charge in [0, 0.05) is 16.3 Å². The molecule has 22 heavy (non-hydrogen) atoms. The van der Waals surface area contributed by atoms with E-state index in [1.54, 1.807) is 22.4 Å². The van der Waals surface area contributed by atoms with Crippen LogP contribution in [0, 0.1) is 0 Å². The molecular formula is C17H14ClF2NS. The van der Waals surface area contributed by atoms with E-state index in [0.717, 1.165) is 16.8 Å².